The van der Waals surface area contributed by atoms with Crippen molar-refractivity contribution in [3.8, 4) is 0 Å². The molecule has 0 aromatic heterocycles. The zero-order valence-corrected chi connectivity index (χ0v) is 16.9. The highest BCUT2D eigenvalue weighted by atomic mass is 19.1. The van der Waals surface area contributed by atoms with Gasteiger partial charge in [-0.15, -0.1) is 0 Å². The van der Waals surface area contributed by atoms with Crippen molar-refractivity contribution in [2.24, 2.45) is 5.92 Å². The number of piperazine rings is 1. The Kier molecular flexibility index (Phi) is 5.59. The van der Waals surface area contributed by atoms with Gasteiger partial charge in [-0.25, -0.2) is 8.78 Å². The van der Waals surface area contributed by atoms with E-state index in [2.05, 4.69) is 37.9 Å². The number of hydrogen-bond donors (Lipinski definition) is 1. The van der Waals surface area contributed by atoms with Crippen LogP contribution in [0.3, 0.4) is 0 Å². The van der Waals surface area contributed by atoms with Crippen LogP contribution >= 0.6 is 0 Å². The Morgan fingerprint density at radius 3 is 2.48 bits per heavy atom. The lowest BCUT2D eigenvalue weighted by Crippen LogP contribution is -2.58. The molecule has 150 valence electrons. The molecule has 1 amide bonds. The third kappa shape index (κ3) is 4.16. The van der Waals surface area contributed by atoms with E-state index >= 15 is 0 Å². The highest BCUT2D eigenvalue weighted by Gasteiger charge is 2.45. The maximum Gasteiger partial charge on any atom is 0.227 e. The molecule has 1 N–H and O–H groups in total. The Morgan fingerprint density at radius 1 is 1.15 bits per heavy atom. The molecule has 6 heteroatoms. The van der Waals surface area contributed by atoms with E-state index in [9.17, 15) is 13.6 Å². The molecular formula is C21H31F2N3O. The Morgan fingerprint density at radius 2 is 1.85 bits per heavy atom. The first-order valence-electron chi connectivity index (χ1n) is 9.81. The quantitative estimate of drug-likeness (QED) is 0.858. The number of carbonyl (C=O) groups is 1. The normalized spacial score (nSPS) is 30.0. The predicted octanol–water partition coefficient (Wildman–Crippen LogP) is 2.99. The molecule has 2 heterocycles. The summed E-state index contributed by atoms with van der Waals surface area (Å²) in [4.78, 5) is 17.6. The fraction of sp³-hybridized carbons (Fsp3) is 0.667. The zero-order chi connectivity index (χ0) is 19.9. The summed E-state index contributed by atoms with van der Waals surface area (Å²) in [6.07, 6.45) is 0. The average Bonchev–Trinajstić information content (AvgIpc) is 3.01. The number of benzene rings is 1. The van der Waals surface area contributed by atoms with Crippen molar-refractivity contribution in [1.29, 1.82) is 0 Å². The fourth-order valence-electron chi connectivity index (χ4n) is 4.26. The first-order chi connectivity index (χ1) is 12.6. The average molecular weight is 379 g/mol. The standard InChI is InChI=1S/C21H31F2N3O/c1-13-10-26(14(2)9-24-13)20(27)18-12-25(21(3,4)5)11-17(18)16-7-6-15(22)8-19(16)23/h6-8,13-14,17-18,24H,9-12H2,1-5H3/t13-,14+,17+,18-/m1/s1. The molecule has 2 aliphatic rings. The number of likely N-dealkylation sites (tertiary alicyclic amines) is 1. The van der Waals surface area contributed by atoms with Crippen molar-refractivity contribution in [3.63, 3.8) is 0 Å². The second kappa shape index (κ2) is 7.47. The van der Waals surface area contributed by atoms with Crippen LogP contribution in [0, 0.1) is 17.6 Å². The summed E-state index contributed by atoms with van der Waals surface area (Å²) in [7, 11) is 0. The summed E-state index contributed by atoms with van der Waals surface area (Å²) in [6.45, 7) is 13.0. The molecule has 4 atom stereocenters. The van der Waals surface area contributed by atoms with Crippen LogP contribution in [0.25, 0.3) is 0 Å². The molecular weight excluding hydrogens is 348 g/mol. The second-order valence-corrected chi connectivity index (χ2v) is 9.10. The van der Waals surface area contributed by atoms with E-state index in [1.165, 1.54) is 12.1 Å². The molecule has 2 fully saturated rings. The fourth-order valence-corrected chi connectivity index (χ4v) is 4.26. The molecule has 0 bridgehead atoms. The van der Waals surface area contributed by atoms with Gasteiger partial charge in [0, 0.05) is 55.8 Å². The van der Waals surface area contributed by atoms with Crippen molar-refractivity contribution in [2.75, 3.05) is 26.2 Å². The Labute approximate surface area is 160 Å². The van der Waals surface area contributed by atoms with Crippen molar-refractivity contribution in [3.05, 3.63) is 35.4 Å². The lowest BCUT2D eigenvalue weighted by molar-refractivity contribution is -0.139. The number of hydrogen-bond acceptors (Lipinski definition) is 3. The van der Waals surface area contributed by atoms with Gasteiger partial charge in [-0.1, -0.05) is 6.07 Å². The maximum atomic E-state index is 14.6. The monoisotopic (exact) mass is 379 g/mol. The van der Waals surface area contributed by atoms with E-state index in [0.717, 1.165) is 12.6 Å². The largest absolute Gasteiger partial charge is 0.337 e. The van der Waals surface area contributed by atoms with E-state index in [-0.39, 0.29) is 35.4 Å². The third-order valence-corrected chi connectivity index (χ3v) is 6.00. The molecule has 4 nitrogen and oxygen atoms in total. The van der Waals surface area contributed by atoms with E-state index in [1.807, 2.05) is 11.8 Å². The van der Waals surface area contributed by atoms with E-state index in [0.29, 0.717) is 25.2 Å². The van der Waals surface area contributed by atoms with Crippen LogP contribution in [0.2, 0.25) is 0 Å². The van der Waals surface area contributed by atoms with Gasteiger partial charge in [0.1, 0.15) is 11.6 Å². The van der Waals surface area contributed by atoms with Crippen LogP contribution < -0.4 is 5.32 Å². The molecule has 1 aromatic rings. The van der Waals surface area contributed by atoms with E-state index in [1.54, 1.807) is 0 Å². The van der Waals surface area contributed by atoms with Crippen molar-refractivity contribution in [1.82, 2.24) is 15.1 Å². The lowest BCUT2D eigenvalue weighted by Gasteiger charge is -2.39. The maximum absolute atomic E-state index is 14.6. The van der Waals surface area contributed by atoms with Gasteiger partial charge < -0.3 is 10.2 Å². The first-order valence-corrected chi connectivity index (χ1v) is 9.81. The van der Waals surface area contributed by atoms with Crippen LogP contribution in [0.4, 0.5) is 8.78 Å². The molecule has 27 heavy (non-hydrogen) atoms. The smallest absolute Gasteiger partial charge is 0.227 e. The Bertz CT molecular complexity index is 703. The summed E-state index contributed by atoms with van der Waals surface area (Å²) in [5.74, 6) is -1.66. The van der Waals surface area contributed by atoms with Crippen LogP contribution in [0.5, 0.6) is 0 Å². The lowest BCUT2D eigenvalue weighted by atomic mass is 9.87. The number of amides is 1. The van der Waals surface area contributed by atoms with Gasteiger partial charge in [-0.05, 0) is 46.2 Å². The summed E-state index contributed by atoms with van der Waals surface area (Å²) in [6, 6.07) is 4.06. The predicted molar refractivity (Wildman–Crippen MR) is 103 cm³/mol. The second-order valence-electron chi connectivity index (χ2n) is 9.10. The molecule has 0 aliphatic carbocycles. The van der Waals surface area contributed by atoms with Gasteiger partial charge >= 0.3 is 0 Å². The number of nitrogens with zero attached hydrogens (tertiary/aromatic N) is 2. The molecule has 0 radical (unpaired) electrons. The van der Waals surface area contributed by atoms with Gasteiger partial charge in [0.05, 0.1) is 5.92 Å². The van der Waals surface area contributed by atoms with Crippen LogP contribution in [0.1, 0.15) is 46.1 Å². The van der Waals surface area contributed by atoms with Crippen molar-refractivity contribution >= 4 is 5.91 Å². The Hall–Kier alpha value is -1.53. The van der Waals surface area contributed by atoms with Gasteiger partial charge in [0.25, 0.3) is 0 Å². The number of rotatable bonds is 2. The summed E-state index contributed by atoms with van der Waals surface area (Å²) in [5, 5.41) is 3.39. The third-order valence-electron chi connectivity index (χ3n) is 6.00. The number of halogens is 2. The molecule has 2 aliphatic heterocycles. The Balaban J connectivity index is 1.92. The van der Waals surface area contributed by atoms with Gasteiger partial charge in [0.2, 0.25) is 5.91 Å². The highest BCUT2D eigenvalue weighted by Crippen LogP contribution is 2.38. The minimum atomic E-state index is -0.589. The van der Waals surface area contributed by atoms with Crippen LogP contribution in [0.15, 0.2) is 18.2 Å². The molecule has 0 saturated carbocycles. The topological polar surface area (TPSA) is 35.6 Å². The zero-order valence-electron chi connectivity index (χ0n) is 16.9. The minimum Gasteiger partial charge on any atom is -0.337 e. The molecule has 2 saturated heterocycles. The van der Waals surface area contributed by atoms with Crippen molar-refractivity contribution < 1.29 is 13.6 Å². The molecule has 0 spiro atoms. The minimum absolute atomic E-state index is 0.0799. The SMILES string of the molecule is C[C@@H]1CN(C(=O)[C@@H]2CN(C(C)(C)C)C[C@H]2c2ccc(F)cc2F)[C@@H](C)CN1. The van der Waals surface area contributed by atoms with Gasteiger partial charge in [-0.3, -0.25) is 9.69 Å². The number of carbonyl (C=O) groups excluding carboxylic acids is 1. The summed E-state index contributed by atoms with van der Waals surface area (Å²) in [5.41, 5.74) is 0.323. The summed E-state index contributed by atoms with van der Waals surface area (Å²) < 4.78 is 28.0. The van der Waals surface area contributed by atoms with E-state index < -0.39 is 11.6 Å². The first kappa shape index (κ1) is 20.2. The molecule has 3 rings (SSSR count). The van der Waals surface area contributed by atoms with E-state index in [4.69, 9.17) is 0 Å². The van der Waals surface area contributed by atoms with Crippen molar-refractivity contribution in [2.45, 2.75) is 58.2 Å². The molecule has 0 unspecified atom stereocenters. The van der Waals surface area contributed by atoms with Crippen LogP contribution in [-0.2, 0) is 4.79 Å². The van der Waals surface area contributed by atoms with Gasteiger partial charge in [-0.2, -0.15) is 0 Å². The molecule has 1 aromatic carbocycles. The highest BCUT2D eigenvalue weighted by molar-refractivity contribution is 5.81. The summed E-state index contributed by atoms with van der Waals surface area (Å²) >= 11 is 0. The van der Waals surface area contributed by atoms with Crippen LogP contribution in [-0.4, -0.2) is 59.5 Å². The van der Waals surface area contributed by atoms with Gasteiger partial charge in [0.15, 0.2) is 0 Å². The number of nitrogens with one attached hydrogen (secondary N) is 1.